The molecule has 120 valence electrons. The maximum Gasteiger partial charge on any atom is 0.307 e. The Bertz CT molecular complexity index is 829. The molecule has 0 unspecified atom stereocenters. The Labute approximate surface area is 139 Å². The first-order chi connectivity index (χ1) is 11.5. The summed E-state index contributed by atoms with van der Waals surface area (Å²) in [4.78, 5) is 23.2. The van der Waals surface area contributed by atoms with Crippen LogP contribution < -0.4 is 4.74 Å². The number of methoxy groups -OCH3 is 1. The van der Waals surface area contributed by atoms with E-state index in [9.17, 15) is 9.59 Å². The number of nitriles is 1. The SMILES string of the molecule is COc1ccc(C(=O)/C=C/c2ccc(C#N)cc2)cc1CC(=O)O. The molecule has 0 atom stereocenters. The van der Waals surface area contributed by atoms with Crippen LogP contribution in [-0.2, 0) is 11.2 Å². The van der Waals surface area contributed by atoms with E-state index >= 15 is 0 Å². The van der Waals surface area contributed by atoms with Crippen LogP contribution >= 0.6 is 0 Å². The summed E-state index contributed by atoms with van der Waals surface area (Å²) in [5, 5.41) is 17.7. The number of benzene rings is 2. The minimum absolute atomic E-state index is 0.219. The van der Waals surface area contributed by atoms with E-state index < -0.39 is 5.97 Å². The van der Waals surface area contributed by atoms with E-state index in [1.807, 2.05) is 6.07 Å². The molecular weight excluding hydrogens is 306 g/mol. The Balaban J connectivity index is 2.20. The highest BCUT2D eigenvalue weighted by Gasteiger charge is 2.11. The number of ether oxygens (including phenoxy) is 1. The van der Waals surface area contributed by atoms with Gasteiger partial charge in [0.1, 0.15) is 5.75 Å². The Morgan fingerprint density at radius 3 is 2.50 bits per heavy atom. The zero-order chi connectivity index (χ0) is 17.5. The Morgan fingerprint density at radius 2 is 1.92 bits per heavy atom. The van der Waals surface area contributed by atoms with E-state index in [1.54, 1.807) is 42.5 Å². The lowest BCUT2D eigenvalue weighted by Gasteiger charge is -2.07. The highest BCUT2D eigenvalue weighted by Crippen LogP contribution is 2.21. The standard InChI is InChI=1S/C19H15NO4/c1-24-18-9-7-15(10-16(18)11-19(22)23)17(21)8-6-13-2-4-14(12-20)5-3-13/h2-10H,11H2,1H3,(H,22,23)/b8-6+. The van der Waals surface area contributed by atoms with Crippen molar-refractivity contribution in [1.29, 1.82) is 5.26 Å². The summed E-state index contributed by atoms with van der Waals surface area (Å²) < 4.78 is 5.11. The van der Waals surface area contributed by atoms with Crippen molar-refractivity contribution in [1.82, 2.24) is 0 Å². The van der Waals surface area contributed by atoms with Gasteiger partial charge in [0.05, 0.1) is 25.2 Å². The van der Waals surface area contributed by atoms with Gasteiger partial charge >= 0.3 is 5.97 Å². The second-order valence-corrected chi connectivity index (χ2v) is 5.03. The summed E-state index contributed by atoms with van der Waals surface area (Å²) in [5.41, 5.74) is 2.17. The smallest absolute Gasteiger partial charge is 0.307 e. The van der Waals surface area contributed by atoms with E-state index in [1.165, 1.54) is 19.3 Å². The number of nitrogens with zero attached hydrogens (tertiary/aromatic N) is 1. The van der Waals surface area contributed by atoms with E-state index in [4.69, 9.17) is 15.1 Å². The van der Waals surface area contributed by atoms with Gasteiger partial charge in [-0.25, -0.2) is 0 Å². The van der Waals surface area contributed by atoms with Crippen molar-refractivity contribution in [3.05, 3.63) is 70.8 Å². The number of allylic oxidation sites excluding steroid dienone is 1. The molecule has 2 aromatic carbocycles. The van der Waals surface area contributed by atoms with E-state index in [2.05, 4.69) is 0 Å². The Kier molecular flexibility index (Phi) is 5.48. The van der Waals surface area contributed by atoms with Crippen molar-refractivity contribution in [3.8, 4) is 11.8 Å². The van der Waals surface area contributed by atoms with Crippen LogP contribution in [0.15, 0.2) is 48.5 Å². The molecule has 0 saturated heterocycles. The van der Waals surface area contributed by atoms with Gasteiger partial charge in [-0.2, -0.15) is 5.26 Å². The van der Waals surface area contributed by atoms with Crippen LogP contribution in [0.1, 0.15) is 27.0 Å². The van der Waals surface area contributed by atoms with Crippen molar-refractivity contribution in [2.24, 2.45) is 0 Å². The van der Waals surface area contributed by atoms with Crippen molar-refractivity contribution in [3.63, 3.8) is 0 Å². The van der Waals surface area contributed by atoms with Gasteiger partial charge in [0.25, 0.3) is 0 Å². The quantitative estimate of drug-likeness (QED) is 0.652. The third-order valence-corrected chi connectivity index (χ3v) is 3.37. The molecule has 0 radical (unpaired) electrons. The molecule has 2 rings (SSSR count). The lowest BCUT2D eigenvalue weighted by Crippen LogP contribution is -2.04. The zero-order valence-corrected chi connectivity index (χ0v) is 13.0. The first kappa shape index (κ1) is 17.0. The summed E-state index contributed by atoms with van der Waals surface area (Å²) in [6.07, 6.45) is 2.84. The molecule has 5 heteroatoms. The van der Waals surface area contributed by atoms with Crippen LogP contribution in [0.3, 0.4) is 0 Å². The molecule has 0 aliphatic rings. The molecule has 24 heavy (non-hydrogen) atoms. The molecule has 0 amide bonds. The molecule has 0 heterocycles. The predicted molar refractivity (Wildman–Crippen MR) is 88.9 cm³/mol. The molecule has 0 spiro atoms. The highest BCUT2D eigenvalue weighted by molar-refractivity contribution is 6.07. The van der Waals surface area contributed by atoms with Gasteiger partial charge in [-0.3, -0.25) is 9.59 Å². The fourth-order valence-electron chi connectivity index (χ4n) is 2.17. The number of carboxylic acid groups (broad SMARTS) is 1. The molecule has 0 aliphatic carbocycles. The monoisotopic (exact) mass is 321 g/mol. The summed E-state index contributed by atoms with van der Waals surface area (Å²) in [6.45, 7) is 0. The average Bonchev–Trinajstić information content (AvgIpc) is 2.59. The lowest BCUT2D eigenvalue weighted by atomic mass is 10.0. The molecule has 1 N–H and O–H groups in total. The van der Waals surface area contributed by atoms with Gasteiger partial charge in [0.15, 0.2) is 5.78 Å². The largest absolute Gasteiger partial charge is 0.496 e. The predicted octanol–water partition coefficient (Wildman–Crippen LogP) is 3.09. The molecule has 0 bridgehead atoms. The molecular formula is C19H15NO4. The van der Waals surface area contributed by atoms with Gasteiger partial charge in [0.2, 0.25) is 0 Å². The van der Waals surface area contributed by atoms with E-state index in [0.717, 1.165) is 5.56 Å². The summed E-state index contributed by atoms with van der Waals surface area (Å²) in [5.74, 6) is -0.801. The second-order valence-electron chi connectivity index (χ2n) is 5.03. The number of carbonyl (C=O) groups is 2. The van der Waals surface area contributed by atoms with Gasteiger partial charge < -0.3 is 9.84 Å². The highest BCUT2D eigenvalue weighted by atomic mass is 16.5. The van der Waals surface area contributed by atoms with Crippen molar-refractivity contribution >= 4 is 17.8 Å². The third kappa shape index (κ3) is 4.31. The van der Waals surface area contributed by atoms with Crippen molar-refractivity contribution in [2.75, 3.05) is 7.11 Å². The van der Waals surface area contributed by atoms with Crippen LogP contribution in [0, 0.1) is 11.3 Å². The first-order valence-corrected chi connectivity index (χ1v) is 7.15. The minimum Gasteiger partial charge on any atom is -0.496 e. The lowest BCUT2D eigenvalue weighted by molar-refractivity contribution is -0.136. The molecule has 5 nitrogen and oxygen atoms in total. The van der Waals surface area contributed by atoms with E-state index in [-0.39, 0.29) is 12.2 Å². The number of aliphatic carboxylic acids is 1. The van der Waals surface area contributed by atoms with Crippen LogP contribution in [-0.4, -0.2) is 24.0 Å². The number of carboxylic acids is 1. The summed E-state index contributed by atoms with van der Waals surface area (Å²) >= 11 is 0. The van der Waals surface area contributed by atoms with Crippen LogP contribution in [0.5, 0.6) is 5.75 Å². The van der Waals surface area contributed by atoms with Crippen LogP contribution in [0.4, 0.5) is 0 Å². The molecule has 0 fully saturated rings. The molecule has 0 aromatic heterocycles. The average molecular weight is 321 g/mol. The fourth-order valence-corrected chi connectivity index (χ4v) is 2.17. The second kappa shape index (κ2) is 7.75. The number of carbonyl (C=O) groups excluding carboxylic acids is 1. The summed E-state index contributed by atoms with van der Waals surface area (Å²) in [6, 6.07) is 13.6. The number of hydrogen-bond donors (Lipinski definition) is 1. The minimum atomic E-state index is -0.994. The van der Waals surface area contributed by atoms with Gasteiger partial charge in [-0.1, -0.05) is 18.2 Å². The van der Waals surface area contributed by atoms with Crippen LogP contribution in [0.2, 0.25) is 0 Å². The Hall–Kier alpha value is -3.39. The topological polar surface area (TPSA) is 87.4 Å². The first-order valence-electron chi connectivity index (χ1n) is 7.15. The Morgan fingerprint density at radius 1 is 1.21 bits per heavy atom. The van der Waals surface area contributed by atoms with E-state index in [0.29, 0.717) is 22.4 Å². The van der Waals surface area contributed by atoms with Crippen molar-refractivity contribution < 1.29 is 19.4 Å². The van der Waals surface area contributed by atoms with Gasteiger partial charge in [0, 0.05) is 11.1 Å². The third-order valence-electron chi connectivity index (χ3n) is 3.37. The van der Waals surface area contributed by atoms with Gasteiger partial charge in [-0.05, 0) is 42.0 Å². The molecule has 0 aliphatic heterocycles. The molecule has 0 saturated carbocycles. The van der Waals surface area contributed by atoms with Gasteiger partial charge in [-0.15, -0.1) is 0 Å². The van der Waals surface area contributed by atoms with Crippen LogP contribution in [0.25, 0.3) is 6.08 Å². The fraction of sp³-hybridized carbons (Fsp3) is 0.105. The van der Waals surface area contributed by atoms with Crippen molar-refractivity contribution in [2.45, 2.75) is 6.42 Å². The number of hydrogen-bond acceptors (Lipinski definition) is 4. The normalized spacial score (nSPS) is 10.3. The number of rotatable bonds is 6. The zero-order valence-electron chi connectivity index (χ0n) is 13.0. The maximum absolute atomic E-state index is 12.3. The maximum atomic E-state index is 12.3. The number of ketones is 1. The summed E-state index contributed by atoms with van der Waals surface area (Å²) in [7, 11) is 1.45. The molecule has 2 aromatic rings.